The molecule has 2 N–H and O–H groups in total. The Morgan fingerprint density at radius 3 is 3.00 bits per heavy atom. The van der Waals surface area contributed by atoms with E-state index in [2.05, 4.69) is 10.3 Å². The second-order valence-electron chi connectivity index (χ2n) is 6.08. The molecule has 2 fully saturated rings. The van der Waals surface area contributed by atoms with Gasteiger partial charge in [0.05, 0.1) is 12.2 Å². The van der Waals surface area contributed by atoms with Crippen molar-refractivity contribution in [3.05, 3.63) is 33.7 Å². The van der Waals surface area contributed by atoms with Gasteiger partial charge >= 0.3 is 0 Å². The lowest BCUT2D eigenvalue weighted by atomic mass is 9.88. The first-order valence-corrected chi connectivity index (χ1v) is 7.43. The number of aryl methyl sites for hydroxylation is 1. The minimum absolute atomic E-state index is 0.0163. The lowest BCUT2D eigenvalue weighted by molar-refractivity contribution is 0.0956. The van der Waals surface area contributed by atoms with Crippen molar-refractivity contribution in [2.75, 3.05) is 0 Å². The molecule has 1 aliphatic carbocycles. The van der Waals surface area contributed by atoms with Crippen LogP contribution in [0.2, 0.25) is 0 Å². The summed E-state index contributed by atoms with van der Waals surface area (Å²) < 4.78 is 5.91. The van der Waals surface area contributed by atoms with Crippen LogP contribution in [0.3, 0.4) is 0 Å². The highest BCUT2D eigenvalue weighted by Gasteiger charge is 2.41. The van der Waals surface area contributed by atoms with Gasteiger partial charge in [0.1, 0.15) is 0 Å². The molecule has 19 heavy (non-hydrogen) atoms. The molecular weight excluding hydrogens is 240 g/mol. The topological polar surface area (TPSA) is 54.1 Å². The molecule has 1 aromatic heterocycles. The summed E-state index contributed by atoms with van der Waals surface area (Å²) in [4.78, 5) is 14.4. The summed E-state index contributed by atoms with van der Waals surface area (Å²) in [6, 6.07) is 4.53. The fraction of sp³-hybridized carbons (Fsp3) is 0.667. The summed E-state index contributed by atoms with van der Waals surface area (Å²) in [5.74, 6) is 0. The summed E-state index contributed by atoms with van der Waals surface area (Å²) in [5, 5.41) is 3.78. The highest BCUT2D eigenvalue weighted by Crippen LogP contribution is 2.37. The Bertz CT molecular complexity index is 539. The number of aromatic nitrogens is 1. The number of rotatable bonds is 2. The second kappa shape index (κ2) is 4.46. The minimum Gasteiger partial charge on any atom is -0.373 e. The summed E-state index contributed by atoms with van der Waals surface area (Å²) in [7, 11) is 0. The van der Waals surface area contributed by atoms with Crippen LogP contribution in [-0.2, 0) is 11.2 Å². The lowest BCUT2D eigenvalue weighted by Gasteiger charge is -2.31. The molecule has 0 saturated carbocycles. The van der Waals surface area contributed by atoms with Crippen LogP contribution in [0.5, 0.6) is 0 Å². The molecule has 4 unspecified atom stereocenters. The fourth-order valence-corrected chi connectivity index (χ4v) is 3.95. The van der Waals surface area contributed by atoms with Gasteiger partial charge < -0.3 is 15.0 Å². The van der Waals surface area contributed by atoms with Crippen molar-refractivity contribution in [1.29, 1.82) is 0 Å². The Balaban J connectivity index is 1.55. The Hall–Kier alpha value is -1.13. The van der Waals surface area contributed by atoms with E-state index in [-0.39, 0.29) is 5.56 Å². The van der Waals surface area contributed by atoms with Crippen LogP contribution in [0.25, 0.3) is 0 Å². The molecule has 0 aromatic carbocycles. The van der Waals surface area contributed by atoms with Gasteiger partial charge in [-0.3, -0.25) is 4.79 Å². The second-order valence-corrected chi connectivity index (χ2v) is 6.08. The minimum atomic E-state index is 0.0163. The van der Waals surface area contributed by atoms with Gasteiger partial charge in [-0.25, -0.2) is 0 Å². The van der Waals surface area contributed by atoms with E-state index in [0.29, 0.717) is 24.3 Å². The van der Waals surface area contributed by atoms with Crippen LogP contribution in [0.1, 0.15) is 49.4 Å². The molecule has 4 atom stereocenters. The van der Waals surface area contributed by atoms with E-state index >= 15 is 0 Å². The van der Waals surface area contributed by atoms with Gasteiger partial charge in [0.25, 0.3) is 0 Å². The quantitative estimate of drug-likeness (QED) is 0.850. The normalized spacial score (nSPS) is 36.4. The molecule has 102 valence electrons. The summed E-state index contributed by atoms with van der Waals surface area (Å²) in [5.41, 5.74) is 2.43. The van der Waals surface area contributed by atoms with Crippen LogP contribution >= 0.6 is 0 Å². The fourth-order valence-electron chi connectivity index (χ4n) is 3.95. The molecule has 3 aliphatic rings. The zero-order valence-corrected chi connectivity index (χ0v) is 11.0. The first-order chi connectivity index (χ1) is 9.29. The van der Waals surface area contributed by atoms with Gasteiger partial charge in [0.2, 0.25) is 5.56 Å². The number of pyridine rings is 1. The van der Waals surface area contributed by atoms with Crippen LogP contribution in [0, 0.1) is 0 Å². The van der Waals surface area contributed by atoms with E-state index in [4.69, 9.17) is 4.74 Å². The number of H-pyrrole nitrogens is 1. The van der Waals surface area contributed by atoms with Gasteiger partial charge in [0, 0.05) is 23.8 Å². The SMILES string of the molecule is O=c1ccc2c([nH]1)CCCC2NC1CC2CCC1O2. The highest BCUT2D eigenvalue weighted by atomic mass is 16.5. The molecule has 4 heteroatoms. The maximum Gasteiger partial charge on any atom is 0.248 e. The van der Waals surface area contributed by atoms with Crippen molar-refractivity contribution in [2.24, 2.45) is 0 Å². The van der Waals surface area contributed by atoms with E-state index in [0.717, 1.165) is 31.4 Å². The lowest BCUT2D eigenvalue weighted by Crippen LogP contribution is -2.41. The molecular formula is C15H20N2O2. The van der Waals surface area contributed by atoms with Crippen molar-refractivity contribution in [3.63, 3.8) is 0 Å². The molecule has 0 spiro atoms. The van der Waals surface area contributed by atoms with Gasteiger partial charge in [-0.1, -0.05) is 6.07 Å². The molecule has 0 radical (unpaired) electrons. The first kappa shape index (κ1) is 11.7. The number of hydrogen-bond acceptors (Lipinski definition) is 3. The number of aromatic amines is 1. The number of ether oxygens (including phenoxy) is 1. The molecule has 2 aliphatic heterocycles. The van der Waals surface area contributed by atoms with E-state index in [1.807, 2.05) is 6.07 Å². The number of nitrogens with one attached hydrogen (secondary N) is 2. The standard InChI is InChI=1S/C15H20N2O2/c18-15-7-5-10-11(2-1-3-12(10)17-15)16-13-8-9-4-6-14(13)19-9/h5,7,9,11,13-14,16H,1-4,6,8H2,(H,17,18). The zero-order valence-electron chi connectivity index (χ0n) is 11.0. The van der Waals surface area contributed by atoms with E-state index in [1.165, 1.54) is 18.4 Å². The van der Waals surface area contributed by atoms with Gasteiger partial charge in [0.15, 0.2) is 0 Å². The third-order valence-electron chi connectivity index (χ3n) is 4.85. The van der Waals surface area contributed by atoms with Crippen molar-refractivity contribution in [2.45, 2.75) is 62.8 Å². The summed E-state index contributed by atoms with van der Waals surface area (Å²) in [6.07, 6.45) is 7.79. The van der Waals surface area contributed by atoms with Crippen molar-refractivity contribution in [1.82, 2.24) is 10.3 Å². The van der Waals surface area contributed by atoms with Crippen molar-refractivity contribution >= 4 is 0 Å². The smallest absolute Gasteiger partial charge is 0.248 e. The van der Waals surface area contributed by atoms with Gasteiger partial charge in [-0.15, -0.1) is 0 Å². The highest BCUT2D eigenvalue weighted by molar-refractivity contribution is 5.26. The number of fused-ring (bicyclic) bond motifs is 3. The Morgan fingerprint density at radius 2 is 2.21 bits per heavy atom. The average Bonchev–Trinajstić information content (AvgIpc) is 3.01. The molecule has 3 heterocycles. The number of hydrogen-bond donors (Lipinski definition) is 2. The monoisotopic (exact) mass is 260 g/mol. The van der Waals surface area contributed by atoms with Gasteiger partial charge in [-0.2, -0.15) is 0 Å². The van der Waals surface area contributed by atoms with Crippen LogP contribution in [0.15, 0.2) is 16.9 Å². The molecule has 4 rings (SSSR count). The Morgan fingerprint density at radius 1 is 1.26 bits per heavy atom. The maximum atomic E-state index is 11.4. The van der Waals surface area contributed by atoms with E-state index in [9.17, 15) is 4.79 Å². The van der Waals surface area contributed by atoms with Crippen LogP contribution in [-0.4, -0.2) is 23.2 Å². The largest absolute Gasteiger partial charge is 0.373 e. The van der Waals surface area contributed by atoms with Crippen LogP contribution in [0.4, 0.5) is 0 Å². The molecule has 1 aromatic rings. The molecule has 2 bridgehead atoms. The van der Waals surface area contributed by atoms with Crippen LogP contribution < -0.4 is 10.9 Å². The Labute approximate surface area is 112 Å². The summed E-state index contributed by atoms with van der Waals surface area (Å²) in [6.45, 7) is 0. The molecule has 4 nitrogen and oxygen atoms in total. The van der Waals surface area contributed by atoms with E-state index in [1.54, 1.807) is 6.07 Å². The van der Waals surface area contributed by atoms with Gasteiger partial charge in [-0.05, 0) is 44.1 Å². The van der Waals surface area contributed by atoms with Crippen molar-refractivity contribution < 1.29 is 4.74 Å². The first-order valence-electron chi connectivity index (χ1n) is 7.43. The predicted octanol–water partition coefficient (Wildman–Crippen LogP) is 1.66. The Kier molecular flexibility index (Phi) is 2.74. The van der Waals surface area contributed by atoms with E-state index < -0.39 is 0 Å². The molecule has 2 saturated heterocycles. The van der Waals surface area contributed by atoms with Crippen molar-refractivity contribution in [3.8, 4) is 0 Å². The predicted molar refractivity (Wildman–Crippen MR) is 72.2 cm³/mol. The maximum absolute atomic E-state index is 11.4. The average molecular weight is 260 g/mol. The third kappa shape index (κ3) is 2.03. The summed E-state index contributed by atoms with van der Waals surface area (Å²) >= 11 is 0. The third-order valence-corrected chi connectivity index (χ3v) is 4.85. The zero-order chi connectivity index (χ0) is 12.8. The molecule has 0 amide bonds.